The Balaban J connectivity index is 1.77. The molecule has 0 unspecified atom stereocenters. The van der Waals surface area contributed by atoms with Crippen LogP contribution >= 0.6 is 0 Å². The van der Waals surface area contributed by atoms with Gasteiger partial charge in [-0.2, -0.15) is 0 Å². The predicted octanol–water partition coefficient (Wildman–Crippen LogP) is 3.92. The lowest BCUT2D eigenvalue weighted by Crippen LogP contribution is -2.51. The lowest BCUT2D eigenvalue weighted by Gasteiger charge is -2.46. The molecular formula is C18H23NO2. The van der Waals surface area contributed by atoms with Gasteiger partial charge in [0.2, 0.25) is 0 Å². The Labute approximate surface area is 125 Å². The molecule has 2 aliphatic rings. The fourth-order valence-corrected chi connectivity index (χ4v) is 3.96. The molecule has 2 saturated heterocycles. The summed E-state index contributed by atoms with van der Waals surface area (Å²) in [6, 6.07) is 10.6. The third kappa shape index (κ3) is 2.29. The van der Waals surface area contributed by atoms with Crippen molar-refractivity contribution in [1.29, 1.82) is 0 Å². The van der Waals surface area contributed by atoms with Crippen molar-refractivity contribution in [3.05, 3.63) is 36.1 Å². The summed E-state index contributed by atoms with van der Waals surface area (Å²) in [5.41, 5.74) is 1.06. The molecule has 0 atom stereocenters. The Morgan fingerprint density at radius 1 is 0.952 bits per heavy atom. The van der Waals surface area contributed by atoms with Crippen molar-refractivity contribution < 1.29 is 9.15 Å². The molecule has 2 aliphatic heterocycles. The summed E-state index contributed by atoms with van der Waals surface area (Å²) in [6.45, 7) is 4.06. The molecule has 0 saturated carbocycles. The number of furan rings is 1. The topological polar surface area (TPSA) is 25.6 Å². The Morgan fingerprint density at radius 2 is 1.71 bits per heavy atom. The van der Waals surface area contributed by atoms with Crippen molar-refractivity contribution in [1.82, 2.24) is 4.90 Å². The number of nitrogens with zero attached hydrogens (tertiary/aromatic N) is 1. The minimum Gasteiger partial charge on any atom is -0.459 e. The molecule has 1 aromatic heterocycles. The number of para-hydroxylation sites is 1. The molecule has 2 fully saturated rings. The number of fused-ring (bicyclic) bond motifs is 1. The van der Waals surface area contributed by atoms with Gasteiger partial charge in [-0.25, -0.2) is 0 Å². The first-order valence-electron chi connectivity index (χ1n) is 8.20. The molecule has 0 amide bonds. The second-order valence-corrected chi connectivity index (χ2v) is 6.34. The van der Waals surface area contributed by atoms with Crippen LogP contribution in [0.1, 0.15) is 37.9 Å². The van der Waals surface area contributed by atoms with Crippen LogP contribution in [0.3, 0.4) is 0 Å². The summed E-state index contributed by atoms with van der Waals surface area (Å²) in [7, 11) is 0. The van der Waals surface area contributed by atoms with Gasteiger partial charge in [-0.1, -0.05) is 24.6 Å². The molecule has 0 aliphatic carbocycles. The largest absolute Gasteiger partial charge is 0.459 e. The van der Waals surface area contributed by atoms with Gasteiger partial charge >= 0.3 is 0 Å². The SMILES string of the molecule is c1ccc2oc(C3(N4CCCCC4)CCOCC3)cc2c1. The highest BCUT2D eigenvalue weighted by molar-refractivity contribution is 5.78. The summed E-state index contributed by atoms with van der Waals surface area (Å²) in [5.74, 6) is 1.15. The molecule has 1 aromatic carbocycles. The predicted molar refractivity (Wildman–Crippen MR) is 83.4 cm³/mol. The maximum atomic E-state index is 6.27. The van der Waals surface area contributed by atoms with Gasteiger partial charge in [0.25, 0.3) is 0 Å². The maximum absolute atomic E-state index is 6.27. The van der Waals surface area contributed by atoms with E-state index < -0.39 is 0 Å². The highest BCUT2D eigenvalue weighted by Crippen LogP contribution is 2.41. The van der Waals surface area contributed by atoms with Crippen molar-refractivity contribution >= 4 is 11.0 Å². The van der Waals surface area contributed by atoms with Crippen LogP contribution in [0.5, 0.6) is 0 Å². The van der Waals surface area contributed by atoms with Crippen LogP contribution in [0.15, 0.2) is 34.7 Å². The van der Waals surface area contributed by atoms with Gasteiger partial charge in [-0.05, 0) is 50.9 Å². The van der Waals surface area contributed by atoms with Gasteiger partial charge in [-0.3, -0.25) is 4.90 Å². The lowest BCUT2D eigenvalue weighted by atomic mass is 9.84. The van der Waals surface area contributed by atoms with Crippen LogP contribution in [0.2, 0.25) is 0 Å². The van der Waals surface area contributed by atoms with Crippen molar-refractivity contribution in [2.24, 2.45) is 0 Å². The fraction of sp³-hybridized carbons (Fsp3) is 0.556. The monoisotopic (exact) mass is 285 g/mol. The summed E-state index contributed by atoms with van der Waals surface area (Å²) >= 11 is 0. The summed E-state index contributed by atoms with van der Waals surface area (Å²) in [5, 5.41) is 1.22. The van der Waals surface area contributed by atoms with E-state index in [9.17, 15) is 0 Å². The van der Waals surface area contributed by atoms with Crippen LogP contribution in [-0.4, -0.2) is 31.2 Å². The van der Waals surface area contributed by atoms with Crippen LogP contribution in [0, 0.1) is 0 Å². The maximum Gasteiger partial charge on any atom is 0.134 e. The van der Waals surface area contributed by atoms with E-state index in [1.54, 1.807) is 0 Å². The van der Waals surface area contributed by atoms with E-state index in [1.807, 2.05) is 6.07 Å². The van der Waals surface area contributed by atoms with Gasteiger partial charge in [0.05, 0.1) is 5.54 Å². The Bertz CT molecular complexity index is 573. The molecule has 0 radical (unpaired) electrons. The van der Waals surface area contributed by atoms with Crippen molar-refractivity contribution in [2.75, 3.05) is 26.3 Å². The molecule has 21 heavy (non-hydrogen) atoms. The molecule has 3 nitrogen and oxygen atoms in total. The van der Waals surface area contributed by atoms with Crippen LogP contribution < -0.4 is 0 Å². The second kappa shape index (κ2) is 5.47. The standard InChI is InChI=1S/C18H23NO2/c1-4-10-19(11-5-1)18(8-12-20-13-9-18)17-14-15-6-2-3-7-16(15)21-17/h2-3,6-7,14H,1,4-5,8-13H2. The number of likely N-dealkylation sites (tertiary alicyclic amines) is 1. The minimum absolute atomic E-state index is 0.0533. The van der Waals surface area contributed by atoms with E-state index in [4.69, 9.17) is 9.15 Å². The van der Waals surface area contributed by atoms with E-state index in [0.717, 1.165) is 37.4 Å². The third-order valence-electron chi connectivity index (χ3n) is 5.17. The zero-order valence-corrected chi connectivity index (χ0v) is 12.5. The summed E-state index contributed by atoms with van der Waals surface area (Å²) in [6.07, 6.45) is 6.08. The molecule has 112 valence electrons. The van der Waals surface area contributed by atoms with E-state index in [1.165, 1.54) is 37.7 Å². The van der Waals surface area contributed by atoms with Crippen LogP contribution in [0.4, 0.5) is 0 Å². The van der Waals surface area contributed by atoms with Gasteiger partial charge in [-0.15, -0.1) is 0 Å². The van der Waals surface area contributed by atoms with Gasteiger partial charge in [0, 0.05) is 18.6 Å². The van der Waals surface area contributed by atoms with Gasteiger partial charge in [0.15, 0.2) is 0 Å². The Morgan fingerprint density at radius 3 is 2.48 bits per heavy atom. The van der Waals surface area contributed by atoms with E-state index >= 15 is 0 Å². The lowest BCUT2D eigenvalue weighted by molar-refractivity contribution is -0.0503. The average molecular weight is 285 g/mol. The number of ether oxygens (including phenoxy) is 1. The number of rotatable bonds is 2. The van der Waals surface area contributed by atoms with Crippen molar-refractivity contribution in [2.45, 2.75) is 37.6 Å². The first kappa shape index (κ1) is 13.4. The molecule has 3 heteroatoms. The first-order chi connectivity index (χ1) is 10.4. The molecule has 4 rings (SSSR count). The highest BCUT2D eigenvalue weighted by atomic mass is 16.5. The average Bonchev–Trinajstić information content (AvgIpc) is 3.01. The van der Waals surface area contributed by atoms with E-state index in [2.05, 4.69) is 29.2 Å². The first-order valence-corrected chi connectivity index (χ1v) is 8.20. The second-order valence-electron chi connectivity index (χ2n) is 6.34. The molecule has 0 bridgehead atoms. The Hall–Kier alpha value is -1.32. The molecule has 2 aromatic rings. The smallest absolute Gasteiger partial charge is 0.134 e. The summed E-state index contributed by atoms with van der Waals surface area (Å²) < 4.78 is 11.9. The highest BCUT2D eigenvalue weighted by Gasteiger charge is 2.43. The number of benzene rings is 1. The molecule has 0 N–H and O–H groups in total. The molecule has 3 heterocycles. The summed E-state index contributed by atoms with van der Waals surface area (Å²) in [4.78, 5) is 2.66. The fourth-order valence-electron chi connectivity index (χ4n) is 3.96. The Kier molecular flexibility index (Phi) is 3.48. The van der Waals surface area contributed by atoms with Gasteiger partial charge in [0.1, 0.15) is 11.3 Å². The minimum atomic E-state index is 0.0533. The number of hydrogen-bond donors (Lipinski definition) is 0. The van der Waals surface area contributed by atoms with Crippen LogP contribution in [0.25, 0.3) is 11.0 Å². The van der Waals surface area contributed by atoms with Crippen molar-refractivity contribution in [3.8, 4) is 0 Å². The van der Waals surface area contributed by atoms with E-state index in [-0.39, 0.29) is 5.54 Å². The number of piperidine rings is 1. The molecular weight excluding hydrogens is 262 g/mol. The van der Waals surface area contributed by atoms with E-state index in [0.29, 0.717) is 0 Å². The third-order valence-corrected chi connectivity index (χ3v) is 5.17. The van der Waals surface area contributed by atoms with Crippen LogP contribution in [-0.2, 0) is 10.3 Å². The number of hydrogen-bond acceptors (Lipinski definition) is 3. The van der Waals surface area contributed by atoms with Gasteiger partial charge < -0.3 is 9.15 Å². The van der Waals surface area contributed by atoms with Crippen molar-refractivity contribution in [3.63, 3.8) is 0 Å². The zero-order chi connectivity index (χ0) is 14.1. The molecule has 0 spiro atoms. The zero-order valence-electron chi connectivity index (χ0n) is 12.5. The normalized spacial score (nSPS) is 23.4. The quantitative estimate of drug-likeness (QED) is 0.836.